The molecule has 7 heteroatoms. The zero-order valence-electron chi connectivity index (χ0n) is 9.32. The third-order valence-corrected chi connectivity index (χ3v) is 2.35. The molecule has 0 atom stereocenters. The van der Waals surface area contributed by atoms with Crippen LogP contribution in [-0.2, 0) is 7.05 Å². The van der Waals surface area contributed by atoms with Gasteiger partial charge in [-0.25, -0.2) is 0 Å². The molecule has 0 aliphatic carbocycles. The van der Waals surface area contributed by atoms with Gasteiger partial charge in [0.1, 0.15) is 12.1 Å². The van der Waals surface area contributed by atoms with Gasteiger partial charge in [-0.1, -0.05) is 0 Å². The fourth-order valence-electron chi connectivity index (χ4n) is 1.51. The minimum absolute atomic E-state index is 0.0206. The van der Waals surface area contributed by atoms with E-state index in [1.54, 1.807) is 24.0 Å². The molecular weight excluding hydrogens is 224 g/mol. The molecule has 0 saturated heterocycles. The van der Waals surface area contributed by atoms with Gasteiger partial charge >= 0.3 is 0 Å². The number of methoxy groups -OCH3 is 1. The van der Waals surface area contributed by atoms with Crippen LogP contribution < -0.4 is 4.74 Å². The number of nitrogens with zero attached hydrogens (tertiary/aromatic N) is 4. The van der Waals surface area contributed by atoms with Gasteiger partial charge in [0.05, 0.1) is 23.7 Å². The van der Waals surface area contributed by atoms with E-state index < -0.39 is 4.92 Å². The number of aromatic nitrogens is 3. The summed E-state index contributed by atoms with van der Waals surface area (Å²) in [5.41, 5.74) is 0.644. The van der Waals surface area contributed by atoms with E-state index in [1.807, 2.05) is 0 Å². The molecule has 0 aliphatic rings. The molecule has 17 heavy (non-hydrogen) atoms. The van der Waals surface area contributed by atoms with Crippen molar-refractivity contribution in [3.63, 3.8) is 0 Å². The number of aryl methyl sites for hydroxylation is 1. The number of nitro groups is 1. The van der Waals surface area contributed by atoms with Gasteiger partial charge in [-0.2, -0.15) is 0 Å². The number of non-ortho nitro benzene ring substituents is 1. The minimum Gasteiger partial charge on any atom is -0.496 e. The Kier molecular flexibility index (Phi) is 2.73. The van der Waals surface area contributed by atoms with Gasteiger partial charge in [-0.3, -0.25) is 10.1 Å². The Balaban J connectivity index is 2.56. The van der Waals surface area contributed by atoms with Gasteiger partial charge in [-0.05, 0) is 6.07 Å². The van der Waals surface area contributed by atoms with Crippen LogP contribution in [-0.4, -0.2) is 26.8 Å². The van der Waals surface area contributed by atoms with Crippen LogP contribution in [0.15, 0.2) is 24.5 Å². The largest absolute Gasteiger partial charge is 0.496 e. The monoisotopic (exact) mass is 234 g/mol. The SMILES string of the molecule is COc1cc([N+](=O)[O-])ccc1-c1nncn1C. The topological polar surface area (TPSA) is 83.1 Å². The molecule has 1 aromatic heterocycles. The smallest absolute Gasteiger partial charge is 0.273 e. The average Bonchev–Trinajstić information content (AvgIpc) is 2.74. The maximum absolute atomic E-state index is 10.7. The van der Waals surface area contributed by atoms with Crippen LogP contribution in [0.25, 0.3) is 11.4 Å². The fourth-order valence-corrected chi connectivity index (χ4v) is 1.51. The highest BCUT2D eigenvalue weighted by Crippen LogP contribution is 2.31. The average molecular weight is 234 g/mol. The highest BCUT2D eigenvalue weighted by Gasteiger charge is 2.15. The number of hydrogen-bond acceptors (Lipinski definition) is 5. The lowest BCUT2D eigenvalue weighted by Gasteiger charge is -2.07. The van der Waals surface area contributed by atoms with E-state index in [1.165, 1.54) is 19.2 Å². The first-order valence-corrected chi connectivity index (χ1v) is 4.80. The number of nitro benzene ring substituents is 1. The Morgan fingerprint density at radius 1 is 1.47 bits per heavy atom. The van der Waals surface area contributed by atoms with Crippen molar-refractivity contribution in [3.8, 4) is 17.1 Å². The minimum atomic E-state index is -0.469. The van der Waals surface area contributed by atoms with Crippen molar-refractivity contribution >= 4 is 5.69 Å². The first-order valence-electron chi connectivity index (χ1n) is 4.80. The predicted molar refractivity (Wildman–Crippen MR) is 59.6 cm³/mol. The van der Waals surface area contributed by atoms with Crippen LogP contribution in [0.3, 0.4) is 0 Å². The zero-order chi connectivity index (χ0) is 12.4. The van der Waals surface area contributed by atoms with Gasteiger partial charge in [-0.15, -0.1) is 10.2 Å². The molecule has 1 heterocycles. The lowest BCUT2D eigenvalue weighted by atomic mass is 10.1. The summed E-state index contributed by atoms with van der Waals surface area (Å²) in [4.78, 5) is 10.2. The predicted octanol–water partition coefficient (Wildman–Crippen LogP) is 1.40. The number of hydrogen-bond donors (Lipinski definition) is 0. The van der Waals surface area contributed by atoms with Crippen molar-refractivity contribution in [2.45, 2.75) is 0 Å². The maximum Gasteiger partial charge on any atom is 0.273 e. The fraction of sp³-hybridized carbons (Fsp3) is 0.200. The van der Waals surface area contributed by atoms with Crippen molar-refractivity contribution in [3.05, 3.63) is 34.6 Å². The van der Waals surface area contributed by atoms with E-state index in [0.717, 1.165) is 0 Å². The second-order valence-corrected chi connectivity index (χ2v) is 3.41. The Morgan fingerprint density at radius 3 is 2.76 bits per heavy atom. The summed E-state index contributed by atoms with van der Waals surface area (Å²) in [5.74, 6) is 0.993. The number of rotatable bonds is 3. The summed E-state index contributed by atoms with van der Waals surface area (Å²) >= 11 is 0. The van der Waals surface area contributed by atoms with Crippen LogP contribution in [0.1, 0.15) is 0 Å². The van der Waals surface area contributed by atoms with Crippen molar-refractivity contribution in [2.24, 2.45) is 7.05 Å². The molecular formula is C10H10N4O3. The number of ether oxygens (including phenoxy) is 1. The molecule has 0 amide bonds. The lowest BCUT2D eigenvalue weighted by molar-refractivity contribution is -0.384. The van der Waals surface area contributed by atoms with E-state index in [4.69, 9.17) is 4.74 Å². The van der Waals surface area contributed by atoms with Gasteiger partial charge in [0.2, 0.25) is 0 Å². The summed E-state index contributed by atoms with van der Waals surface area (Å²) in [5, 5.41) is 18.3. The molecule has 0 aliphatic heterocycles. The molecule has 7 nitrogen and oxygen atoms in total. The molecule has 1 aromatic carbocycles. The molecule has 0 radical (unpaired) electrons. The van der Waals surface area contributed by atoms with Crippen molar-refractivity contribution in [1.82, 2.24) is 14.8 Å². The second kappa shape index (κ2) is 4.20. The molecule has 0 saturated carbocycles. The normalized spacial score (nSPS) is 10.2. The second-order valence-electron chi connectivity index (χ2n) is 3.41. The molecule has 2 rings (SSSR count). The first-order chi connectivity index (χ1) is 8.13. The molecule has 0 fully saturated rings. The zero-order valence-corrected chi connectivity index (χ0v) is 9.32. The van der Waals surface area contributed by atoms with Crippen LogP contribution in [0.5, 0.6) is 5.75 Å². The first kappa shape index (κ1) is 11.1. The van der Waals surface area contributed by atoms with E-state index in [2.05, 4.69) is 10.2 Å². The summed E-state index contributed by atoms with van der Waals surface area (Å²) in [6.07, 6.45) is 1.55. The summed E-state index contributed by atoms with van der Waals surface area (Å²) in [6.45, 7) is 0. The highest BCUT2D eigenvalue weighted by atomic mass is 16.6. The van der Waals surface area contributed by atoms with Crippen molar-refractivity contribution in [2.75, 3.05) is 7.11 Å². The van der Waals surface area contributed by atoms with Crippen LogP contribution in [0.2, 0.25) is 0 Å². The highest BCUT2D eigenvalue weighted by molar-refractivity contribution is 5.66. The Bertz CT molecular complexity index is 564. The van der Waals surface area contributed by atoms with Crippen LogP contribution in [0, 0.1) is 10.1 Å². The summed E-state index contributed by atoms with van der Waals surface area (Å²) in [6, 6.07) is 4.37. The summed E-state index contributed by atoms with van der Waals surface area (Å²) < 4.78 is 6.84. The van der Waals surface area contributed by atoms with Gasteiger partial charge < -0.3 is 9.30 Å². The molecule has 0 bridgehead atoms. The van der Waals surface area contributed by atoms with E-state index in [9.17, 15) is 10.1 Å². The van der Waals surface area contributed by atoms with E-state index in [0.29, 0.717) is 17.1 Å². The van der Waals surface area contributed by atoms with Gasteiger partial charge in [0.25, 0.3) is 5.69 Å². The summed E-state index contributed by atoms with van der Waals surface area (Å²) in [7, 11) is 3.25. The van der Waals surface area contributed by atoms with Gasteiger partial charge in [0.15, 0.2) is 5.82 Å². The molecule has 88 valence electrons. The van der Waals surface area contributed by atoms with Crippen molar-refractivity contribution < 1.29 is 9.66 Å². The lowest BCUT2D eigenvalue weighted by Crippen LogP contribution is -1.96. The standard InChI is InChI=1S/C10H10N4O3/c1-13-6-11-12-10(13)8-4-3-7(14(15)16)5-9(8)17-2/h3-6H,1-2H3. The van der Waals surface area contributed by atoms with E-state index in [-0.39, 0.29) is 5.69 Å². The van der Waals surface area contributed by atoms with Crippen LogP contribution in [0.4, 0.5) is 5.69 Å². The van der Waals surface area contributed by atoms with Crippen LogP contribution >= 0.6 is 0 Å². The quantitative estimate of drug-likeness (QED) is 0.592. The van der Waals surface area contributed by atoms with Crippen molar-refractivity contribution in [1.29, 1.82) is 0 Å². The molecule has 2 aromatic rings. The van der Waals surface area contributed by atoms with Gasteiger partial charge in [0, 0.05) is 13.1 Å². The molecule has 0 unspecified atom stereocenters. The Morgan fingerprint density at radius 2 is 2.24 bits per heavy atom. The van der Waals surface area contributed by atoms with E-state index >= 15 is 0 Å². The third-order valence-electron chi connectivity index (χ3n) is 2.35. The Hall–Kier alpha value is -2.44. The third kappa shape index (κ3) is 1.94. The number of benzene rings is 1. The maximum atomic E-state index is 10.7. The molecule has 0 N–H and O–H groups in total. The Labute approximate surface area is 96.8 Å². The molecule has 0 spiro atoms.